The molecule has 0 aliphatic carbocycles. The van der Waals surface area contributed by atoms with Crippen molar-refractivity contribution in [2.45, 2.75) is 6.18 Å². The molecule has 2 aromatic heterocycles. The molecule has 0 amide bonds. The first kappa shape index (κ1) is 13.5. The number of nitrogens with zero attached hydrogens (tertiary/aromatic N) is 2. The summed E-state index contributed by atoms with van der Waals surface area (Å²) in [5.74, 6) is 1.11. The van der Waals surface area contributed by atoms with Gasteiger partial charge in [-0.05, 0) is 24.3 Å². The number of halogens is 3. The van der Waals surface area contributed by atoms with Gasteiger partial charge in [-0.2, -0.15) is 13.2 Å². The molecule has 0 spiro atoms. The predicted octanol–water partition coefficient (Wildman–Crippen LogP) is 4.03. The van der Waals surface area contributed by atoms with E-state index in [9.17, 15) is 13.2 Å². The quantitative estimate of drug-likeness (QED) is 0.713. The van der Waals surface area contributed by atoms with Crippen molar-refractivity contribution >= 4 is 5.52 Å². The van der Waals surface area contributed by atoms with Gasteiger partial charge in [-0.25, -0.2) is 4.98 Å². The molecule has 3 aromatic rings. The Kier molecular flexibility index (Phi) is 3.08. The Labute approximate surface area is 118 Å². The molecule has 6 heteroatoms. The number of benzene rings is 1. The number of hydrogen-bond donors (Lipinski definition) is 0. The van der Waals surface area contributed by atoms with E-state index in [4.69, 9.17) is 4.74 Å². The summed E-state index contributed by atoms with van der Waals surface area (Å²) in [6.45, 7) is 0. The topological polar surface area (TPSA) is 26.5 Å². The second kappa shape index (κ2) is 4.80. The van der Waals surface area contributed by atoms with Crippen LogP contribution in [0.1, 0.15) is 5.56 Å². The maximum absolute atomic E-state index is 12.6. The molecule has 0 radical (unpaired) electrons. The molecule has 0 fully saturated rings. The molecule has 0 aliphatic rings. The zero-order chi connectivity index (χ0) is 15.0. The van der Waals surface area contributed by atoms with E-state index >= 15 is 0 Å². The minimum Gasteiger partial charge on any atom is -0.482 e. The van der Waals surface area contributed by atoms with Crippen LogP contribution in [0.15, 0.2) is 48.7 Å². The number of ether oxygens (including phenoxy) is 1. The molecule has 0 unspecified atom stereocenters. The molecule has 0 saturated heterocycles. The van der Waals surface area contributed by atoms with E-state index in [1.807, 2.05) is 12.1 Å². The first-order valence-corrected chi connectivity index (χ1v) is 6.19. The number of alkyl halides is 3. The summed E-state index contributed by atoms with van der Waals surface area (Å²) in [6, 6.07) is 10.4. The fourth-order valence-electron chi connectivity index (χ4n) is 2.19. The normalized spacial score (nSPS) is 11.8. The maximum Gasteiger partial charge on any atom is 0.416 e. The van der Waals surface area contributed by atoms with Gasteiger partial charge >= 0.3 is 6.18 Å². The summed E-state index contributed by atoms with van der Waals surface area (Å²) in [5, 5.41) is 0. The lowest BCUT2D eigenvalue weighted by atomic mass is 10.1. The van der Waals surface area contributed by atoms with Crippen LogP contribution >= 0.6 is 0 Å². The highest BCUT2D eigenvalue weighted by molar-refractivity contribution is 5.64. The molecule has 3 nitrogen and oxygen atoms in total. The van der Waals surface area contributed by atoms with E-state index in [0.29, 0.717) is 17.3 Å². The maximum atomic E-state index is 12.6. The number of aromatic nitrogens is 2. The van der Waals surface area contributed by atoms with Gasteiger partial charge in [-0.3, -0.25) is 4.40 Å². The van der Waals surface area contributed by atoms with Gasteiger partial charge in [0.2, 0.25) is 0 Å². The van der Waals surface area contributed by atoms with Gasteiger partial charge in [0, 0.05) is 5.56 Å². The third-order valence-corrected chi connectivity index (χ3v) is 3.19. The van der Waals surface area contributed by atoms with Crippen LogP contribution in [0.3, 0.4) is 0 Å². The lowest BCUT2D eigenvalue weighted by Gasteiger charge is -2.09. The Morgan fingerprint density at radius 3 is 2.38 bits per heavy atom. The van der Waals surface area contributed by atoms with Crippen molar-refractivity contribution in [2.75, 3.05) is 7.11 Å². The average Bonchev–Trinajstić information content (AvgIpc) is 2.90. The molecule has 0 atom stereocenters. The van der Waals surface area contributed by atoms with E-state index in [0.717, 1.165) is 17.6 Å². The van der Waals surface area contributed by atoms with E-state index < -0.39 is 11.7 Å². The van der Waals surface area contributed by atoms with E-state index in [1.165, 1.54) is 19.2 Å². The van der Waals surface area contributed by atoms with Gasteiger partial charge in [-0.1, -0.05) is 18.2 Å². The molecule has 0 saturated carbocycles. The van der Waals surface area contributed by atoms with Gasteiger partial charge in [0.05, 0.1) is 24.4 Å². The standard InChI is InChI=1S/C15H11F3N2O/c1-21-13-4-2-3-12-9-19-14(20(12)13)10-5-7-11(8-6-10)15(16,17)18/h2-9H,1H3. The Morgan fingerprint density at radius 1 is 1.05 bits per heavy atom. The van der Waals surface area contributed by atoms with Crippen LogP contribution in [0.2, 0.25) is 0 Å². The van der Waals surface area contributed by atoms with Crippen molar-refractivity contribution in [3.05, 3.63) is 54.2 Å². The summed E-state index contributed by atoms with van der Waals surface area (Å²) in [5.41, 5.74) is 0.718. The third-order valence-electron chi connectivity index (χ3n) is 3.19. The molecule has 0 bridgehead atoms. The van der Waals surface area contributed by atoms with Crippen molar-refractivity contribution in [3.8, 4) is 17.3 Å². The number of imidazole rings is 1. The van der Waals surface area contributed by atoms with Crippen LogP contribution in [-0.2, 0) is 6.18 Å². The highest BCUT2D eigenvalue weighted by atomic mass is 19.4. The number of methoxy groups -OCH3 is 1. The lowest BCUT2D eigenvalue weighted by molar-refractivity contribution is -0.137. The second-order valence-corrected chi connectivity index (χ2v) is 4.49. The molecule has 1 aromatic carbocycles. The van der Waals surface area contributed by atoms with E-state index in [-0.39, 0.29) is 0 Å². The Morgan fingerprint density at radius 2 is 1.76 bits per heavy atom. The molecule has 0 aliphatic heterocycles. The van der Waals surface area contributed by atoms with E-state index in [1.54, 1.807) is 16.7 Å². The minimum atomic E-state index is -4.34. The van der Waals surface area contributed by atoms with Crippen molar-refractivity contribution < 1.29 is 17.9 Å². The van der Waals surface area contributed by atoms with Crippen molar-refractivity contribution in [1.82, 2.24) is 9.38 Å². The second-order valence-electron chi connectivity index (χ2n) is 4.49. The Hall–Kier alpha value is -2.50. The van der Waals surface area contributed by atoms with Crippen molar-refractivity contribution in [3.63, 3.8) is 0 Å². The highest BCUT2D eigenvalue weighted by Crippen LogP contribution is 2.31. The minimum absolute atomic E-state index is 0.538. The summed E-state index contributed by atoms with van der Waals surface area (Å²) < 4.78 is 44.8. The fraction of sp³-hybridized carbons (Fsp3) is 0.133. The zero-order valence-corrected chi connectivity index (χ0v) is 11.1. The number of fused-ring (bicyclic) bond motifs is 1. The third kappa shape index (κ3) is 2.33. The van der Waals surface area contributed by atoms with Gasteiger partial charge in [0.25, 0.3) is 0 Å². The van der Waals surface area contributed by atoms with Gasteiger partial charge in [0.1, 0.15) is 5.82 Å². The first-order valence-electron chi connectivity index (χ1n) is 6.19. The lowest BCUT2D eigenvalue weighted by Crippen LogP contribution is -2.04. The summed E-state index contributed by atoms with van der Waals surface area (Å²) in [6.07, 6.45) is -2.69. The molecule has 2 heterocycles. The smallest absolute Gasteiger partial charge is 0.416 e. The molecule has 21 heavy (non-hydrogen) atoms. The van der Waals surface area contributed by atoms with Gasteiger partial charge < -0.3 is 4.74 Å². The highest BCUT2D eigenvalue weighted by Gasteiger charge is 2.30. The van der Waals surface area contributed by atoms with Crippen LogP contribution < -0.4 is 4.74 Å². The Bertz CT molecular complexity index is 776. The largest absolute Gasteiger partial charge is 0.482 e. The van der Waals surface area contributed by atoms with Gasteiger partial charge in [0.15, 0.2) is 5.88 Å². The van der Waals surface area contributed by atoms with Crippen LogP contribution in [0.25, 0.3) is 16.9 Å². The summed E-state index contributed by atoms with van der Waals surface area (Å²) in [4.78, 5) is 4.27. The van der Waals surface area contributed by atoms with Crippen molar-refractivity contribution in [1.29, 1.82) is 0 Å². The number of hydrogen-bond acceptors (Lipinski definition) is 2. The molecular formula is C15H11F3N2O. The van der Waals surface area contributed by atoms with Crippen LogP contribution in [-0.4, -0.2) is 16.5 Å². The van der Waals surface area contributed by atoms with E-state index in [2.05, 4.69) is 4.98 Å². The average molecular weight is 292 g/mol. The van der Waals surface area contributed by atoms with Crippen LogP contribution in [0.5, 0.6) is 5.88 Å². The SMILES string of the molecule is COc1cccc2cnc(-c3ccc(C(F)(F)F)cc3)n12. The zero-order valence-electron chi connectivity index (χ0n) is 11.1. The fourth-order valence-corrected chi connectivity index (χ4v) is 2.19. The number of rotatable bonds is 2. The van der Waals surface area contributed by atoms with Gasteiger partial charge in [-0.15, -0.1) is 0 Å². The van der Waals surface area contributed by atoms with Crippen LogP contribution in [0.4, 0.5) is 13.2 Å². The summed E-state index contributed by atoms with van der Waals surface area (Å²) >= 11 is 0. The monoisotopic (exact) mass is 292 g/mol. The molecule has 3 rings (SSSR count). The number of pyridine rings is 1. The first-order chi connectivity index (χ1) is 10.0. The van der Waals surface area contributed by atoms with Crippen LogP contribution in [0, 0.1) is 0 Å². The molecule has 108 valence electrons. The molecular weight excluding hydrogens is 281 g/mol. The summed E-state index contributed by atoms with van der Waals surface area (Å²) in [7, 11) is 1.53. The molecule has 0 N–H and O–H groups in total. The predicted molar refractivity (Wildman–Crippen MR) is 72.2 cm³/mol. The Balaban J connectivity index is 2.13. The van der Waals surface area contributed by atoms with Crippen molar-refractivity contribution in [2.24, 2.45) is 0 Å².